The number of aromatic amines is 1. The van der Waals surface area contributed by atoms with Gasteiger partial charge in [0.2, 0.25) is 0 Å². The van der Waals surface area contributed by atoms with Crippen molar-refractivity contribution in [3.8, 4) is 0 Å². The molecule has 4 atom stereocenters. The number of aryl methyl sites for hydroxylation is 1. The van der Waals surface area contributed by atoms with Crippen molar-refractivity contribution < 1.29 is 9.53 Å². The van der Waals surface area contributed by atoms with E-state index in [1.54, 1.807) is 0 Å². The summed E-state index contributed by atoms with van der Waals surface area (Å²) in [5.74, 6) is 1.28. The third-order valence-corrected chi connectivity index (χ3v) is 5.75. The first kappa shape index (κ1) is 11.3. The molecule has 0 aromatic carbocycles. The zero-order valence-electron chi connectivity index (χ0n) is 11.5. The summed E-state index contributed by atoms with van der Waals surface area (Å²) >= 11 is 0. The average molecular weight is 273 g/mol. The zero-order chi connectivity index (χ0) is 13.3. The lowest BCUT2D eigenvalue weighted by atomic mass is 9.82. The zero-order valence-corrected chi connectivity index (χ0v) is 11.5. The van der Waals surface area contributed by atoms with Gasteiger partial charge in [0, 0.05) is 36.2 Å². The molecule has 1 aromatic rings. The number of nitrogens with one attached hydrogen (secondary N) is 1. The number of carbonyl (C=O) groups is 1. The van der Waals surface area contributed by atoms with Gasteiger partial charge in [0.25, 0.3) is 5.91 Å². The molecular formula is C15H19N3O2. The number of aromatic nitrogens is 2. The maximum Gasteiger partial charge on any atom is 0.274 e. The molecule has 1 amide bonds. The second-order valence-corrected chi connectivity index (χ2v) is 6.71. The van der Waals surface area contributed by atoms with Gasteiger partial charge in [-0.25, -0.2) is 0 Å². The predicted molar refractivity (Wildman–Crippen MR) is 71.4 cm³/mol. The van der Waals surface area contributed by atoms with Gasteiger partial charge in [0.1, 0.15) is 0 Å². The molecule has 0 unspecified atom stereocenters. The topological polar surface area (TPSA) is 58.2 Å². The van der Waals surface area contributed by atoms with Crippen LogP contribution in [0.4, 0.5) is 0 Å². The average Bonchev–Trinajstić information content (AvgIpc) is 3.20. The smallest absolute Gasteiger partial charge is 0.274 e. The summed E-state index contributed by atoms with van der Waals surface area (Å²) in [5, 5.41) is 7.33. The normalized spacial score (nSPS) is 37.5. The van der Waals surface area contributed by atoms with Crippen molar-refractivity contribution in [2.45, 2.75) is 44.3 Å². The number of H-pyrrole nitrogens is 1. The highest BCUT2D eigenvalue weighted by Crippen LogP contribution is 2.47. The second kappa shape index (κ2) is 3.85. The Balaban J connectivity index is 1.40. The van der Waals surface area contributed by atoms with Crippen molar-refractivity contribution in [2.24, 2.45) is 11.8 Å². The van der Waals surface area contributed by atoms with E-state index in [1.165, 1.54) is 24.1 Å². The van der Waals surface area contributed by atoms with E-state index in [1.807, 2.05) is 4.90 Å². The fraction of sp³-hybridized carbons (Fsp3) is 0.733. The van der Waals surface area contributed by atoms with Gasteiger partial charge in [0.15, 0.2) is 5.69 Å². The molecule has 5 nitrogen and oxygen atoms in total. The Labute approximate surface area is 117 Å². The van der Waals surface area contributed by atoms with E-state index in [0.29, 0.717) is 29.7 Å². The molecule has 0 saturated carbocycles. The van der Waals surface area contributed by atoms with Crippen LogP contribution in [-0.2, 0) is 17.6 Å². The van der Waals surface area contributed by atoms with Crippen molar-refractivity contribution in [1.29, 1.82) is 0 Å². The molecular weight excluding hydrogens is 254 g/mol. The van der Waals surface area contributed by atoms with E-state index in [0.717, 1.165) is 32.4 Å². The standard InChI is InChI=1S/C15H19N3O2/c19-15(14-8-2-1-3-11(8)16-17-14)18-6-9-10(7-18)13-5-4-12(9)20-13/h9-10,12-13H,1-7H2,(H,16,17)/t9-,10+,12+,13-. The summed E-state index contributed by atoms with van der Waals surface area (Å²) in [4.78, 5) is 14.8. The molecule has 3 aliphatic heterocycles. The van der Waals surface area contributed by atoms with Crippen LogP contribution in [0.15, 0.2) is 0 Å². The molecule has 5 rings (SSSR count). The number of amides is 1. The van der Waals surface area contributed by atoms with Crippen molar-refractivity contribution in [3.05, 3.63) is 17.0 Å². The summed E-state index contributed by atoms with van der Waals surface area (Å²) in [6.45, 7) is 1.73. The van der Waals surface area contributed by atoms with E-state index in [2.05, 4.69) is 10.2 Å². The van der Waals surface area contributed by atoms with Crippen LogP contribution in [0.1, 0.15) is 41.0 Å². The van der Waals surface area contributed by atoms with E-state index >= 15 is 0 Å². The highest BCUT2D eigenvalue weighted by atomic mass is 16.5. The number of hydrogen-bond acceptors (Lipinski definition) is 3. The minimum Gasteiger partial charge on any atom is -0.374 e. The Morgan fingerprint density at radius 2 is 1.95 bits per heavy atom. The molecule has 4 aliphatic rings. The van der Waals surface area contributed by atoms with Gasteiger partial charge in [0.05, 0.1) is 12.2 Å². The largest absolute Gasteiger partial charge is 0.374 e. The first-order valence-corrected chi connectivity index (χ1v) is 7.82. The second-order valence-electron chi connectivity index (χ2n) is 6.71. The molecule has 2 bridgehead atoms. The monoisotopic (exact) mass is 273 g/mol. The Hall–Kier alpha value is -1.36. The number of carbonyl (C=O) groups excluding carboxylic acids is 1. The third-order valence-electron chi connectivity index (χ3n) is 5.75. The number of ether oxygens (including phenoxy) is 1. The molecule has 1 N–H and O–H groups in total. The lowest BCUT2D eigenvalue weighted by Gasteiger charge is -2.18. The van der Waals surface area contributed by atoms with Crippen molar-refractivity contribution in [3.63, 3.8) is 0 Å². The predicted octanol–water partition coefficient (Wildman–Crippen LogP) is 1.15. The first-order chi connectivity index (χ1) is 9.81. The van der Waals surface area contributed by atoms with Gasteiger partial charge in [-0.05, 0) is 32.1 Å². The van der Waals surface area contributed by atoms with Gasteiger partial charge >= 0.3 is 0 Å². The summed E-state index contributed by atoms with van der Waals surface area (Å²) in [6.07, 6.45) is 6.38. The molecule has 0 spiro atoms. The maximum atomic E-state index is 12.7. The van der Waals surface area contributed by atoms with Crippen LogP contribution in [0.3, 0.4) is 0 Å². The summed E-state index contributed by atoms with van der Waals surface area (Å²) in [6, 6.07) is 0. The van der Waals surface area contributed by atoms with E-state index in [9.17, 15) is 4.79 Å². The van der Waals surface area contributed by atoms with Gasteiger partial charge in [-0.3, -0.25) is 9.89 Å². The third kappa shape index (κ3) is 1.36. The minimum absolute atomic E-state index is 0.137. The summed E-state index contributed by atoms with van der Waals surface area (Å²) in [5.41, 5.74) is 3.04. The summed E-state index contributed by atoms with van der Waals surface area (Å²) < 4.78 is 5.97. The Morgan fingerprint density at radius 3 is 2.70 bits per heavy atom. The highest BCUT2D eigenvalue weighted by Gasteiger charge is 2.54. The lowest BCUT2D eigenvalue weighted by Crippen LogP contribution is -2.32. The van der Waals surface area contributed by atoms with Gasteiger partial charge in [-0.15, -0.1) is 0 Å². The Kier molecular flexibility index (Phi) is 2.18. The molecule has 20 heavy (non-hydrogen) atoms. The minimum atomic E-state index is 0.137. The Bertz CT molecular complexity index is 564. The molecule has 1 aliphatic carbocycles. The van der Waals surface area contributed by atoms with Crippen LogP contribution in [0.25, 0.3) is 0 Å². The molecule has 106 valence electrons. The van der Waals surface area contributed by atoms with Gasteiger partial charge in [-0.2, -0.15) is 5.10 Å². The lowest BCUT2D eigenvalue weighted by molar-refractivity contribution is 0.0590. The van der Waals surface area contributed by atoms with Gasteiger partial charge < -0.3 is 9.64 Å². The molecule has 1 aromatic heterocycles. The van der Waals surface area contributed by atoms with Crippen LogP contribution >= 0.6 is 0 Å². The number of rotatable bonds is 1. The van der Waals surface area contributed by atoms with Crippen LogP contribution in [0, 0.1) is 11.8 Å². The van der Waals surface area contributed by atoms with Crippen molar-refractivity contribution >= 4 is 5.91 Å². The van der Waals surface area contributed by atoms with Crippen LogP contribution in [-0.4, -0.2) is 46.3 Å². The number of fused-ring (bicyclic) bond motifs is 6. The van der Waals surface area contributed by atoms with Crippen LogP contribution in [0.5, 0.6) is 0 Å². The van der Waals surface area contributed by atoms with E-state index < -0.39 is 0 Å². The Morgan fingerprint density at radius 1 is 1.20 bits per heavy atom. The maximum absolute atomic E-state index is 12.7. The van der Waals surface area contributed by atoms with E-state index in [4.69, 9.17) is 4.74 Å². The van der Waals surface area contributed by atoms with E-state index in [-0.39, 0.29) is 5.91 Å². The van der Waals surface area contributed by atoms with Gasteiger partial charge in [-0.1, -0.05) is 0 Å². The summed E-state index contributed by atoms with van der Waals surface area (Å²) in [7, 11) is 0. The van der Waals surface area contributed by atoms with Crippen molar-refractivity contribution in [1.82, 2.24) is 15.1 Å². The molecule has 0 radical (unpaired) electrons. The molecule has 4 heterocycles. The fourth-order valence-electron chi connectivity index (χ4n) is 4.77. The highest BCUT2D eigenvalue weighted by molar-refractivity contribution is 5.94. The number of nitrogens with zero attached hydrogens (tertiary/aromatic N) is 2. The van der Waals surface area contributed by atoms with Crippen molar-refractivity contribution in [2.75, 3.05) is 13.1 Å². The SMILES string of the molecule is O=C(c1n[nH]c2c1CCC2)N1C[C@@H]2[C@H](C1)[C@H]1CC[C@@H]2O1. The van der Waals surface area contributed by atoms with Crippen LogP contribution in [0.2, 0.25) is 0 Å². The molecule has 3 fully saturated rings. The molecule has 5 heteroatoms. The number of likely N-dealkylation sites (tertiary alicyclic amines) is 1. The molecule has 3 saturated heterocycles. The number of hydrogen-bond donors (Lipinski definition) is 1. The first-order valence-electron chi connectivity index (χ1n) is 7.82. The quantitative estimate of drug-likeness (QED) is 0.835. The van der Waals surface area contributed by atoms with Crippen LogP contribution < -0.4 is 0 Å². The fourth-order valence-corrected chi connectivity index (χ4v) is 4.77.